The number of hydrogen-bond donors (Lipinski definition) is 2. The molecule has 0 bridgehead atoms. The minimum absolute atomic E-state index is 0.182. The van der Waals surface area contributed by atoms with Gasteiger partial charge in [-0.25, -0.2) is 9.67 Å². The van der Waals surface area contributed by atoms with Crippen LogP contribution in [0.2, 0.25) is 0 Å². The fourth-order valence-electron chi connectivity index (χ4n) is 5.14. The first kappa shape index (κ1) is 23.4. The van der Waals surface area contributed by atoms with Crippen LogP contribution in [0.15, 0.2) is 54.9 Å². The van der Waals surface area contributed by atoms with Gasteiger partial charge in [-0.05, 0) is 61.6 Å². The molecule has 190 valence electrons. The van der Waals surface area contributed by atoms with Crippen LogP contribution in [0, 0.1) is 0 Å². The number of aryl methyl sites for hydroxylation is 1. The lowest BCUT2D eigenvalue weighted by molar-refractivity contribution is -0.124. The number of amides is 2. The molecule has 1 aliphatic carbocycles. The molecule has 9 nitrogen and oxygen atoms in total. The van der Waals surface area contributed by atoms with E-state index in [1.807, 2.05) is 49.6 Å². The summed E-state index contributed by atoms with van der Waals surface area (Å²) >= 11 is 0. The molecule has 2 amide bonds. The van der Waals surface area contributed by atoms with Crippen molar-refractivity contribution in [2.45, 2.75) is 50.7 Å². The maximum Gasteiger partial charge on any atom is 0.253 e. The lowest BCUT2D eigenvalue weighted by atomic mass is 9.85. The molecule has 1 unspecified atom stereocenters. The Morgan fingerprint density at radius 1 is 1.11 bits per heavy atom. The van der Waals surface area contributed by atoms with Gasteiger partial charge >= 0.3 is 0 Å². The van der Waals surface area contributed by atoms with E-state index in [0.717, 1.165) is 41.9 Å². The third-order valence-electron chi connectivity index (χ3n) is 7.35. The fourth-order valence-corrected chi connectivity index (χ4v) is 5.14. The van der Waals surface area contributed by atoms with Crippen molar-refractivity contribution < 1.29 is 14.3 Å². The molecule has 3 heterocycles. The summed E-state index contributed by atoms with van der Waals surface area (Å²) in [6, 6.07) is 13.3. The van der Waals surface area contributed by atoms with Crippen LogP contribution in [-0.2, 0) is 23.1 Å². The molecule has 4 aromatic rings. The standard InChI is InChI=1S/C28H30N6O3/c1-33-25-22(31-26(33)19-7-3-8-19)15-20(16-23(25)32-28(36)24-10-4-13-37-24)27(35)29-17-18-6-2-9-21(14-18)34-12-5-11-30-34/h2,5-6,9,11-12,14-16,19,24H,3-4,7-8,10,13,17H2,1H3,(H,29,35)(H,32,36). The second-order valence-corrected chi connectivity index (χ2v) is 9.84. The van der Waals surface area contributed by atoms with Crippen molar-refractivity contribution in [3.63, 3.8) is 0 Å². The number of ether oxygens (including phenoxy) is 1. The van der Waals surface area contributed by atoms with Crippen LogP contribution in [0.4, 0.5) is 5.69 Å². The van der Waals surface area contributed by atoms with Crippen molar-refractivity contribution in [1.29, 1.82) is 0 Å². The number of nitrogens with one attached hydrogen (secondary N) is 2. The lowest BCUT2D eigenvalue weighted by Crippen LogP contribution is -2.27. The highest BCUT2D eigenvalue weighted by Crippen LogP contribution is 2.38. The maximum absolute atomic E-state index is 13.3. The summed E-state index contributed by atoms with van der Waals surface area (Å²) in [4.78, 5) is 31.1. The highest BCUT2D eigenvalue weighted by Gasteiger charge is 2.28. The van der Waals surface area contributed by atoms with Crippen LogP contribution in [-0.4, -0.2) is 43.9 Å². The molecular formula is C28H30N6O3. The fraction of sp³-hybridized carbons (Fsp3) is 0.357. The second-order valence-electron chi connectivity index (χ2n) is 9.84. The Morgan fingerprint density at radius 3 is 2.73 bits per heavy atom. The first-order valence-electron chi connectivity index (χ1n) is 12.9. The van der Waals surface area contributed by atoms with Crippen LogP contribution in [0.5, 0.6) is 0 Å². The van der Waals surface area contributed by atoms with Gasteiger partial charge in [-0.1, -0.05) is 18.6 Å². The molecule has 1 aliphatic heterocycles. The Morgan fingerprint density at radius 2 is 2.00 bits per heavy atom. The van der Waals surface area contributed by atoms with Gasteiger partial charge in [0.05, 0.1) is 22.4 Å². The molecule has 6 rings (SSSR count). The first-order valence-corrected chi connectivity index (χ1v) is 12.9. The Hall–Kier alpha value is -3.98. The average molecular weight is 499 g/mol. The van der Waals surface area contributed by atoms with E-state index in [0.29, 0.717) is 42.3 Å². The van der Waals surface area contributed by atoms with Gasteiger partial charge in [0.15, 0.2) is 0 Å². The summed E-state index contributed by atoms with van der Waals surface area (Å²) < 4.78 is 9.42. The van der Waals surface area contributed by atoms with Crippen LogP contribution < -0.4 is 10.6 Å². The minimum Gasteiger partial charge on any atom is -0.368 e. The lowest BCUT2D eigenvalue weighted by Gasteiger charge is -2.24. The van der Waals surface area contributed by atoms with Crippen molar-refractivity contribution in [2.24, 2.45) is 7.05 Å². The monoisotopic (exact) mass is 498 g/mol. The number of anilines is 1. The van der Waals surface area contributed by atoms with Gasteiger partial charge in [0.25, 0.3) is 11.8 Å². The van der Waals surface area contributed by atoms with E-state index in [1.54, 1.807) is 16.9 Å². The van der Waals surface area contributed by atoms with Crippen LogP contribution >= 0.6 is 0 Å². The molecule has 9 heteroatoms. The zero-order valence-electron chi connectivity index (χ0n) is 20.8. The van der Waals surface area contributed by atoms with Gasteiger partial charge in [0, 0.05) is 44.1 Å². The zero-order chi connectivity index (χ0) is 25.4. The molecule has 0 radical (unpaired) electrons. The second kappa shape index (κ2) is 9.82. The van der Waals surface area contributed by atoms with Gasteiger partial charge in [-0.15, -0.1) is 0 Å². The number of aromatic nitrogens is 4. The smallest absolute Gasteiger partial charge is 0.253 e. The third-order valence-corrected chi connectivity index (χ3v) is 7.35. The van der Waals surface area contributed by atoms with Gasteiger partial charge < -0.3 is 19.9 Å². The van der Waals surface area contributed by atoms with E-state index in [1.165, 1.54) is 6.42 Å². The number of fused-ring (bicyclic) bond motifs is 1. The predicted molar refractivity (Wildman–Crippen MR) is 140 cm³/mol. The van der Waals surface area contributed by atoms with Gasteiger partial charge in [-0.2, -0.15) is 5.10 Å². The number of benzene rings is 2. The van der Waals surface area contributed by atoms with Crippen molar-refractivity contribution in [3.05, 3.63) is 71.8 Å². The van der Waals surface area contributed by atoms with Crippen LogP contribution in [0.3, 0.4) is 0 Å². The molecule has 2 N–H and O–H groups in total. The van der Waals surface area contributed by atoms with Crippen molar-refractivity contribution in [1.82, 2.24) is 24.6 Å². The normalized spacial score (nSPS) is 17.6. The summed E-state index contributed by atoms with van der Waals surface area (Å²) in [6.07, 6.45) is 8.14. The van der Waals surface area contributed by atoms with Crippen molar-refractivity contribution >= 4 is 28.5 Å². The molecule has 2 aromatic carbocycles. The molecule has 0 spiro atoms. The molecular weight excluding hydrogens is 468 g/mol. The van der Waals surface area contributed by atoms with Crippen molar-refractivity contribution in [3.8, 4) is 5.69 Å². The number of imidazole rings is 1. The van der Waals surface area contributed by atoms with Gasteiger partial charge in [-0.3, -0.25) is 9.59 Å². The topological polar surface area (TPSA) is 103 Å². The number of carbonyl (C=O) groups is 2. The number of hydrogen-bond acceptors (Lipinski definition) is 5. The Balaban J connectivity index is 1.27. The molecule has 2 aliphatic rings. The molecule has 37 heavy (non-hydrogen) atoms. The van der Waals surface area contributed by atoms with E-state index in [4.69, 9.17) is 9.72 Å². The van der Waals surface area contributed by atoms with Crippen LogP contribution in [0.1, 0.15) is 59.8 Å². The quantitative estimate of drug-likeness (QED) is 0.400. The van der Waals surface area contributed by atoms with E-state index < -0.39 is 6.10 Å². The van der Waals surface area contributed by atoms with E-state index in [-0.39, 0.29) is 11.8 Å². The maximum atomic E-state index is 13.3. The van der Waals surface area contributed by atoms with Gasteiger partial charge in [0.2, 0.25) is 0 Å². The average Bonchev–Trinajstić information content (AvgIpc) is 3.64. The van der Waals surface area contributed by atoms with Crippen LogP contribution in [0.25, 0.3) is 16.7 Å². The number of carbonyl (C=O) groups excluding carboxylic acids is 2. The molecule has 2 fully saturated rings. The molecule has 2 aromatic heterocycles. The Kier molecular flexibility index (Phi) is 6.21. The van der Waals surface area contributed by atoms with E-state index in [2.05, 4.69) is 20.3 Å². The largest absolute Gasteiger partial charge is 0.368 e. The summed E-state index contributed by atoms with van der Waals surface area (Å²) in [6.45, 7) is 0.953. The number of nitrogens with zero attached hydrogens (tertiary/aromatic N) is 4. The summed E-state index contributed by atoms with van der Waals surface area (Å²) in [5.41, 5.74) is 4.46. The Labute approximate surface area is 214 Å². The zero-order valence-corrected chi connectivity index (χ0v) is 20.8. The molecule has 1 saturated carbocycles. The minimum atomic E-state index is -0.464. The summed E-state index contributed by atoms with van der Waals surface area (Å²) in [5.74, 6) is 1.01. The summed E-state index contributed by atoms with van der Waals surface area (Å²) in [5, 5.41) is 10.3. The highest BCUT2D eigenvalue weighted by atomic mass is 16.5. The Bertz CT molecular complexity index is 1450. The predicted octanol–water partition coefficient (Wildman–Crippen LogP) is 4.07. The summed E-state index contributed by atoms with van der Waals surface area (Å²) in [7, 11) is 1.98. The third kappa shape index (κ3) is 4.62. The van der Waals surface area contributed by atoms with E-state index >= 15 is 0 Å². The first-order chi connectivity index (χ1) is 18.1. The molecule has 1 atom stereocenters. The van der Waals surface area contributed by atoms with E-state index in [9.17, 15) is 9.59 Å². The molecule has 1 saturated heterocycles. The number of rotatable bonds is 7. The SMILES string of the molecule is Cn1c(C2CCC2)nc2cc(C(=O)NCc3cccc(-n4cccn4)c3)cc(NC(=O)C3CCCO3)c21. The van der Waals surface area contributed by atoms with Gasteiger partial charge in [0.1, 0.15) is 11.9 Å². The highest BCUT2D eigenvalue weighted by molar-refractivity contribution is 6.06. The van der Waals surface area contributed by atoms with Crippen molar-refractivity contribution in [2.75, 3.05) is 11.9 Å².